The first-order valence-electron chi connectivity index (χ1n) is 6.21. The molecule has 0 aromatic heterocycles. The molecule has 1 heterocycles. The smallest absolute Gasteiger partial charge is 0.279 e. The first kappa shape index (κ1) is 14.8. The average Bonchev–Trinajstić information content (AvgIpc) is 2.35. The van der Waals surface area contributed by atoms with Crippen molar-refractivity contribution in [1.29, 1.82) is 0 Å². The van der Waals surface area contributed by atoms with Crippen LogP contribution in [0.25, 0.3) is 0 Å². The van der Waals surface area contributed by atoms with Crippen LogP contribution >= 0.6 is 0 Å². The van der Waals surface area contributed by atoms with E-state index >= 15 is 0 Å². The van der Waals surface area contributed by atoms with Crippen LogP contribution in [0.2, 0.25) is 0 Å². The third-order valence-corrected chi connectivity index (χ3v) is 4.67. The van der Waals surface area contributed by atoms with Crippen LogP contribution in [0, 0.1) is 0 Å². The molecule has 0 bridgehead atoms. The standard InChI is InChI=1S/C10H24N4O2S/c1-12-17(15,16)14-9-7-13(8-10-14)6-4-2-3-5-11/h12H,2-11H2,1H3. The van der Waals surface area contributed by atoms with Crippen molar-refractivity contribution in [3.8, 4) is 0 Å². The van der Waals surface area contributed by atoms with Crippen molar-refractivity contribution in [3.63, 3.8) is 0 Å². The van der Waals surface area contributed by atoms with Gasteiger partial charge in [0.2, 0.25) is 0 Å². The molecule has 3 N–H and O–H groups in total. The maximum Gasteiger partial charge on any atom is 0.279 e. The predicted molar refractivity (Wildman–Crippen MR) is 68.9 cm³/mol. The number of rotatable bonds is 7. The monoisotopic (exact) mass is 264 g/mol. The summed E-state index contributed by atoms with van der Waals surface area (Å²) in [6.07, 6.45) is 3.38. The normalized spacial score (nSPS) is 19.6. The van der Waals surface area contributed by atoms with E-state index in [0.717, 1.165) is 45.4 Å². The van der Waals surface area contributed by atoms with E-state index in [-0.39, 0.29) is 0 Å². The van der Waals surface area contributed by atoms with Gasteiger partial charge in [-0.05, 0) is 25.9 Å². The lowest BCUT2D eigenvalue weighted by Crippen LogP contribution is -2.51. The summed E-state index contributed by atoms with van der Waals surface area (Å²) in [6.45, 7) is 4.62. The van der Waals surface area contributed by atoms with Crippen molar-refractivity contribution in [2.45, 2.75) is 19.3 Å². The van der Waals surface area contributed by atoms with Crippen LogP contribution in [0.5, 0.6) is 0 Å². The van der Waals surface area contributed by atoms with Crippen molar-refractivity contribution >= 4 is 10.2 Å². The van der Waals surface area contributed by atoms with E-state index in [0.29, 0.717) is 13.1 Å². The highest BCUT2D eigenvalue weighted by molar-refractivity contribution is 7.87. The zero-order valence-electron chi connectivity index (χ0n) is 10.6. The molecule has 1 rings (SSSR count). The van der Waals surface area contributed by atoms with Gasteiger partial charge in [-0.25, -0.2) is 4.72 Å². The van der Waals surface area contributed by atoms with Crippen molar-refractivity contribution in [2.24, 2.45) is 5.73 Å². The third kappa shape index (κ3) is 4.89. The van der Waals surface area contributed by atoms with Gasteiger partial charge in [0, 0.05) is 33.2 Å². The summed E-state index contributed by atoms with van der Waals surface area (Å²) in [5.41, 5.74) is 5.44. The second-order valence-electron chi connectivity index (χ2n) is 4.30. The molecule has 1 aliphatic heterocycles. The van der Waals surface area contributed by atoms with E-state index in [9.17, 15) is 8.42 Å². The second kappa shape index (κ2) is 7.27. The molecule has 0 unspecified atom stereocenters. The lowest BCUT2D eigenvalue weighted by atomic mass is 10.2. The second-order valence-corrected chi connectivity index (χ2v) is 6.17. The van der Waals surface area contributed by atoms with Crippen LogP contribution in [-0.2, 0) is 10.2 Å². The quantitative estimate of drug-likeness (QED) is 0.590. The molecule has 1 fully saturated rings. The Morgan fingerprint density at radius 3 is 2.29 bits per heavy atom. The number of hydrogen-bond donors (Lipinski definition) is 2. The summed E-state index contributed by atoms with van der Waals surface area (Å²) < 4.78 is 26.9. The van der Waals surface area contributed by atoms with Crippen LogP contribution in [0.4, 0.5) is 0 Å². The van der Waals surface area contributed by atoms with Crippen molar-refractivity contribution in [2.75, 3.05) is 46.3 Å². The number of piperazine rings is 1. The minimum absolute atomic E-state index is 0.583. The number of hydrogen-bond acceptors (Lipinski definition) is 4. The summed E-state index contributed by atoms with van der Waals surface area (Å²) in [4.78, 5) is 2.32. The highest BCUT2D eigenvalue weighted by Crippen LogP contribution is 2.07. The van der Waals surface area contributed by atoms with Gasteiger partial charge in [0.05, 0.1) is 0 Å². The summed E-state index contributed by atoms with van der Waals surface area (Å²) in [5.74, 6) is 0. The molecular formula is C10H24N4O2S. The van der Waals surface area contributed by atoms with E-state index in [1.807, 2.05) is 0 Å². The highest BCUT2D eigenvalue weighted by atomic mass is 32.2. The fourth-order valence-corrected chi connectivity index (χ4v) is 2.88. The Bertz CT molecular complexity index is 299. The van der Waals surface area contributed by atoms with Crippen molar-refractivity contribution < 1.29 is 8.42 Å². The molecule has 6 nitrogen and oxygen atoms in total. The molecule has 0 amide bonds. The highest BCUT2D eigenvalue weighted by Gasteiger charge is 2.24. The molecule has 1 saturated heterocycles. The molecule has 1 aliphatic rings. The van der Waals surface area contributed by atoms with Crippen LogP contribution in [0.3, 0.4) is 0 Å². The first-order chi connectivity index (χ1) is 8.10. The molecule has 0 saturated carbocycles. The van der Waals surface area contributed by atoms with Gasteiger partial charge >= 0.3 is 0 Å². The van der Waals surface area contributed by atoms with Crippen LogP contribution < -0.4 is 10.5 Å². The number of unbranched alkanes of at least 4 members (excludes halogenated alkanes) is 2. The first-order valence-corrected chi connectivity index (χ1v) is 7.65. The van der Waals surface area contributed by atoms with E-state index in [4.69, 9.17) is 5.73 Å². The molecule has 0 radical (unpaired) electrons. The molecule has 17 heavy (non-hydrogen) atoms. The van der Waals surface area contributed by atoms with Gasteiger partial charge < -0.3 is 10.6 Å². The molecule has 102 valence electrons. The van der Waals surface area contributed by atoms with E-state index in [2.05, 4.69) is 9.62 Å². The molecule has 7 heteroatoms. The van der Waals surface area contributed by atoms with Crippen LogP contribution in [-0.4, -0.2) is 63.9 Å². The fourth-order valence-electron chi connectivity index (χ4n) is 1.98. The molecule has 0 atom stereocenters. The lowest BCUT2D eigenvalue weighted by molar-refractivity contribution is 0.184. The summed E-state index contributed by atoms with van der Waals surface area (Å²) >= 11 is 0. The Kier molecular flexibility index (Phi) is 6.35. The Hall–Kier alpha value is -0.210. The fraction of sp³-hybridized carbons (Fsp3) is 1.00. The average molecular weight is 264 g/mol. The van der Waals surface area contributed by atoms with Crippen LogP contribution in [0.1, 0.15) is 19.3 Å². The Balaban J connectivity index is 2.22. The largest absolute Gasteiger partial charge is 0.330 e. The summed E-state index contributed by atoms with van der Waals surface area (Å²) in [6, 6.07) is 0. The number of nitrogens with one attached hydrogen (secondary N) is 1. The molecular weight excluding hydrogens is 240 g/mol. The number of nitrogens with zero attached hydrogens (tertiary/aromatic N) is 2. The minimum Gasteiger partial charge on any atom is -0.330 e. The van der Waals surface area contributed by atoms with Gasteiger partial charge in [0.15, 0.2) is 0 Å². The summed E-state index contributed by atoms with van der Waals surface area (Å²) in [7, 11) is -1.78. The lowest BCUT2D eigenvalue weighted by Gasteiger charge is -2.33. The van der Waals surface area contributed by atoms with Gasteiger partial charge in [-0.1, -0.05) is 6.42 Å². The Labute approximate surface area is 104 Å². The molecule has 0 spiro atoms. The van der Waals surface area contributed by atoms with Gasteiger partial charge in [-0.2, -0.15) is 12.7 Å². The summed E-state index contributed by atoms with van der Waals surface area (Å²) in [5, 5.41) is 0. The Morgan fingerprint density at radius 2 is 1.76 bits per heavy atom. The Morgan fingerprint density at radius 1 is 1.12 bits per heavy atom. The van der Waals surface area contributed by atoms with Crippen molar-refractivity contribution in [3.05, 3.63) is 0 Å². The van der Waals surface area contributed by atoms with E-state index in [1.165, 1.54) is 11.4 Å². The topological polar surface area (TPSA) is 78.7 Å². The molecule has 0 aromatic carbocycles. The van der Waals surface area contributed by atoms with E-state index in [1.54, 1.807) is 0 Å². The van der Waals surface area contributed by atoms with Crippen LogP contribution in [0.15, 0.2) is 0 Å². The van der Waals surface area contributed by atoms with Gasteiger partial charge in [-0.3, -0.25) is 0 Å². The van der Waals surface area contributed by atoms with Gasteiger partial charge in [0.1, 0.15) is 0 Å². The van der Waals surface area contributed by atoms with Gasteiger partial charge in [0.25, 0.3) is 10.2 Å². The predicted octanol–water partition coefficient (Wildman–Crippen LogP) is -0.803. The molecule has 0 aliphatic carbocycles. The SMILES string of the molecule is CNS(=O)(=O)N1CCN(CCCCCN)CC1. The van der Waals surface area contributed by atoms with Crippen molar-refractivity contribution in [1.82, 2.24) is 13.9 Å². The minimum atomic E-state index is -3.23. The maximum atomic E-state index is 11.5. The maximum absolute atomic E-state index is 11.5. The zero-order valence-corrected chi connectivity index (χ0v) is 11.4. The molecule has 0 aromatic rings. The third-order valence-electron chi connectivity index (χ3n) is 3.11. The van der Waals surface area contributed by atoms with Gasteiger partial charge in [-0.15, -0.1) is 0 Å². The van der Waals surface area contributed by atoms with E-state index < -0.39 is 10.2 Å². The zero-order chi connectivity index (χ0) is 12.7. The number of nitrogens with two attached hydrogens (primary N) is 1.